The maximum Gasteiger partial charge on any atom is 0.269 e. The van der Waals surface area contributed by atoms with Gasteiger partial charge in [0.25, 0.3) is 5.69 Å². The molecule has 6 rings (SSSR count). The third kappa shape index (κ3) is 12.6. The van der Waals surface area contributed by atoms with Gasteiger partial charge in [-0.15, -0.1) is 0 Å². The summed E-state index contributed by atoms with van der Waals surface area (Å²) in [5.41, 5.74) is 14.7. The Balaban J connectivity index is 0.000000216. The summed E-state index contributed by atoms with van der Waals surface area (Å²) in [7, 11) is 4.71. The molecule has 4 heterocycles. The lowest BCUT2D eigenvalue weighted by Crippen LogP contribution is -2.32. The van der Waals surface area contributed by atoms with E-state index in [4.69, 9.17) is 13.5 Å². The van der Waals surface area contributed by atoms with E-state index in [0.29, 0.717) is 0 Å². The van der Waals surface area contributed by atoms with Crippen LogP contribution in [0.3, 0.4) is 0 Å². The van der Waals surface area contributed by atoms with Gasteiger partial charge in [-0.2, -0.15) is 22.4 Å². The number of nitrogens with two attached hydrogens (primary N) is 1. The summed E-state index contributed by atoms with van der Waals surface area (Å²) in [6.45, 7) is 6.27. The van der Waals surface area contributed by atoms with Gasteiger partial charge in [0, 0.05) is 89.6 Å². The smallest absolute Gasteiger partial charge is 0.269 e. The van der Waals surface area contributed by atoms with Gasteiger partial charge in [0.05, 0.1) is 4.92 Å². The van der Waals surface area contributed by atoms with Crippen LogP contribution in [-0.2, 0) is 38.8 Å². The maximum absolute atomic E-state index is 10.6. The van der Waals surface area contributed by atoms with Crippen LogP contribution in [0.4, 0.5) is 11.4 Å². The fourth-order valence-corrected chi connectivity index (χ4v) is 5.29. The first-order valence-corrected chi connectivity index (χ1v) is 18.2. The summed E-state index contributed by atoms with van der Waals surface area (Å²) in [5, 5.41) is 12.1. The van der Waals surface area contributed by atoms with E-state index < -0.39 is 0 Å². The van der Waals surface area contributed by atoms with E-state index in [1.807, 2.05) is 76.4 Å². The number of benzene rings is 2. The first-order chi connectivity index (χ1) is 21.9. The molecule has 2 aromatic carbocycles. The fraction of sp³-hybridized carbons (Fsp3) is 0.333. The van der Waals surface area contributed by atoms with Gasteiger partial charge in [-0.1, -0.05) is 46.9 Å². The summed E-state index contributed by atoms with van der Waals surface area (Å²) in [6, 6.07) is 19.3. The molecule has 233 valence electrons. The molecule has 0 saturated carbocycles. The second-order valence-electron chi connectivity index (χ2n) is 10.6. The van der Waals surface area contributed by atoms with Crippen molar-refractivity contribution >= 4 is 69.1 Å². The largest absolute Gasteiger partial charge is 0.399 e. The van der Waals surface area contributed by atoms with Crippen molar-refractivity contribution in [3.05, 3.63) is 129 Å². The van der Waals surface area contributed by atoms with Gasteiger partial charge in [-0.3, -0.25) is 29.9 Å². The van der Waals surface area contributed by atoms with Gasteiger partial charge in [0.1, 0.15) is 5.03 Å². The molecule has 45 heavy (non-hydrogen) atoms. The molecule has 2 aliphatic heterocycles. The average Bonchev–Trinajstić information content (AvgIpc) is 3.08. The Bertz CT molecular complexity index is 1450. The molecule has 0 spiro atoms. The number of aromatic nitrogens is 2. The number of halogens is 2. The molecule has 0 unspecified atom stereocenters. The normalized spacial score (nSPS) is 13.7. The van der Waals surface area contributed by atoms with Crippen LogP contribution in [0.25, 0.3) is 0 Å². The van der Waals surface area contributed by atoms with E-state index in [2.05, 4.69) is 66.6 Å². The zero-order valence-corrected chi connectivity index (χ0v) is 30.0. The van der Waals surface area contributed by atoms with E-state index in [1.54, 1.807) is 12.1 Å². The van der Waals surface area contributed by atoms with Gasteiger partial charge >= 0.3 is 0 Å². The molecule has 0 saturated heterocycles. The van der Waals surface area contributed by atoms with Gasteiger partial charge in [-0.05, 0) is 88.3 Å². The minimum atomic E-state index is -0.362. The summed E-state index contributed by atoms with van der Waals surface area (Å²) < 4.78 is 0. The summed E-state index contributed by atoms with van der Waals surface area (Å²) in [6.07, 6.45) is 11.9. The number of nitrogen functional groups attached to an aromatic ring is 1. The third-order valence-electron chi connectivity index (χ3n) is 7.75. The van der Waals surface area contributed by atoms with Crippen LogP contribution < -0.4 is 5.73 Å². The van der Waals surface area contributed by atoms with Crippen molar-refractivity contribution < 1.29 is 4.92 Å². The molecule has 0 atom stereocenters. The number of anilines is 1. The molecular weight excluding hydrogens is 788 g/mol. The number of hydrogen-bond donors (Lipinski definition) is 1. The highest BCUT2D eigenvalue weighted by molar-refractivity contribution is 14.1. The number of fused-ring (bicyclic) bond motifs is 2. The van der Waals surface area contributed by atoms with Crippen molar-refractivity contribution in [3.8, 4) is 0 Å². The SMILES string of the molecule is CI.Nc1ccc(CCN2CCc3cnccc3C2)cc1.O=[N+]([O-])c1ccc(CCN2CCc3cnccc3C2)cc1.[B][B]I. The zero-order valence-electron chi connectivity index (χ0n) is 25.7. The van der Waals surface area contributed by atoms with Crippen molar-refractivity contribution in [2.45, 2.75) is 38.8 Å². The Morgan fingerprint density at radius 1 is 0.800 bits per heavy atom. The van der Waals surface area contributed by atoms with Crippen molar-refractivity contribution in [1.82, 2.24) is 19.8 Å². The molecule has 3 radical (unpaired) electrons. The minimum absolute atomic E-state index is 0.151. The fourth-order valence-electron chi connectivity index (χ4n) is 5.29. The lowest BCUT2D eigenvalue weighted by molar-refractivity contribution is -0.384. The molecule has 8 nitrogen and oxygen atoms in total. The second-order valence-corrected chi connectivity index (χ2v) is 11.4. The quantitative estimate of drug-likeness (QED) is 0.0607. The van der Waals surface area contributed by atoms with Crippen LogP contribution in [0.2, 0.25) is 0 Å². The highest BCUT2D eigenvalue weighted by Gasteiger charge is 2.17. The highest BCUT2D eigenvalue weighted by Crippen LogP contribution is 2.19. The van der Waals surface area contributed by atoms with Crippen molar-refractivity contribution in [3.63, 3.8) is 0 Å². The molecule has 0 bridgehead atoms. The molecule has 0 amide bonds. The average molecular weight is 827 g/mol. The Kier molecular flexibility index (Phi) is 16.9. The molecule has 12 heteroatoms. The van der Waals surface area contributed by atoms with Crippen LogP contribution in [0, 0.1) is 10.1 Å². The number of non-ortho nitro benzene ring substituents is 1. The summed E-state index contributed by atoms with van der Waals surface area (Å²) in [4.78, 5) is 25.5. The van der Waals surface area contributed by atoms with Crippen LogP contribution in [0.1, 0.15) is 33.4 Å². The van der Waals surface area contributed by atoms with Crippen LogP contribution in [0.15, 0.2) is 85.5 Å². The van der Waals surface area contributed by atoms with Gasteiger partial charge in [0.15, 0.2) is 0 Å². The lowest BCUT2D eigenvalue weighted by atomic mass is 9.81. The molecule has 4 aromatic rings. The minimum Gasteiger partial charge on any atom is -0.399 e. The number of pyridine rings is 2. The standard InChI is InChI=1S/C16H17N3O2.C16H19N3.CH3I.B2I/c20-19(21)16-3-1-13(2-4-16)6-9-18-10-7-14-11-17-8-5-15(14)12-18;17-16-3-1-13(2-4-16)6-9-19-10-7-14-11-18-8-5-15(14)12-19;1-2;1-2-3/h1-5,8,11H,6-7,9-10,12H2;1-5,8,11H,6-7,9-10,12,17H2;1H3;. The Morgan fingerprint density at radius 2 is 1.22 bits per heavy atom. The topological polar surface area (TPSA) is 101 Å². The number of hydrogen-bond acceptors (Lipinski definition) is 7. The Labute approximate surface area is 296 Å². The highest BCUT2D eigenvalue weighted by atomic mass is 127. The van der Waals surface area contributed by atoms with E-state index >= 15 is 0 Å². The number of nitro benzene ring substituents is 1. The van der Waals surface area contributed by atoms with Gasteiger partial charge in [-0.25, -0.2) is 0 Å². The molecule has 0 fully saturated rings. The summed E-state index contributed by atoms with van der Waals surface area (Å²) >= 11 is 4.09. The van der Waals surface area contributed by atoms with Gasteiger partial charge in [0.2, 0.25) is 0 Å². The van der Waals surface area contributed by atoms with Crippen LogP contribution >= 0.6 is 45.0 Å². The number of nitro groups is 1. The van der Waals surface area contributed by atoms with Crippen molar-refractivity contribution in [1.29, 1.82) is 0 Å². The second kappa shape index (κ2) is 20.5. The zero-order chi connectivity index (χ0) is 32.4. The van der Waals surface area contributed by atoms with Crippen molar-refractivity contribution in [2.24, 2.45) is 0 Å². The third-order valence-corrected chi connectivity index (χ3v) is 7.75. The molecule has 2 aliphatic rings. The summed E-state index contributed by atoms with van der Waals surface area (Å²) in [5.74, 6) is 0. The Hall–Kier alpha value is -2.55. The molecule has 2 N–H and O–H groups in total. The number of nitrogens with zero attached hydrogens (tertiary/aromatic N) is 5. The van der Waals surface area contributed by atoms with E-state index in [-0.39, 0.29) is 10.6 Å². The first kappa shape index (κ1) is 36.9. The van der Waals surface area contributed by atoms with Gasteiger partial charge < -0.3 is 5.73 Å². The van der Waals surface area contributed by atoms with Crippen LogP contribution in [-0.4, -0.2) is 68.6 Å². The van der Waals surface area contributed by atoms with E-state index in [0.717, 1.165) is 76.2 Å². The first-order valence-electron chi connectivity index (χ1n) is 14.8. The van der Waals surface area contributed by atoms with Crippen LogP contribution in [0.5, 0.6) is 0 Å². The van der Waals surface area contributed by atoms with E-state index in [1.165, 1.54) is 32.8 Å². The molecular formula is C33H39B2I2N6O2. The monoisotopic (exact) mass is 827 g/mol. The molecule has 0 aliphatic carbocycles. The van der Waals surface area contributed by atoms with E-state index in [9.17, 15) is 10.1 Å². The number of rotatable bonds is 7. The van der Waals surface area contributed by atoms with Crippen molar-refractivity contribution in [2.75, 3.05) is 36.8 Å². The predicted molar refractivity (Wildman–Crippen MR) is 203 cm³/mol. The molecule has 2 aromatic heterocycles. The predicted octanol–water partition coefficient (Wildman–Crippen LogP) is 6.03. The Morgan fingerprint density at radius 3 is 1.64 bits per heavy atom. The maximum atomic E-state index is 10.6. The number of alkyl halides is 1. The lowest BCUT2D eigenvalue weighted by Gasteiger charge is -2.28.